The van der Waals surface area contributed by atoms with Crippen molar-refractivity contribution in [2.45, 2.75) is 18.2 Å². The van der Waals surface area contributed by atoms with E-state index in [1.807, 2.05) is 0 Å². The molecule has 0 fully saturated rings. The third-order valence-corrected chi connectivity index (χ3v) is 0.626. The summed E-state index contributed by atoms with van der Waals surface area (Å²) in [5.41, 5.74) is 0. The summed E-state index contributed by atoms with van der Waals surface area (Å²) >= 11 is 4.44. The Kier molecular flexibility index (Phi) is 3.56. The largest absolute Gasteiger partial charge is 0.385 e. The monoisotopic (exact) mass is 151 g/mol. The van der Waals surface area contributed by atoms with E-state index in [0.29, 0.717) is 12.8 Å². The van der Waals surface area contributed by atoms with Crippen molar-refractivity contribution in [1.82, 2.24) is 0 Å². The molecule has 51 valence electrons. The van der Waals surface area contributed by atoms with Crippen molar-refractivity contribution in [3.8, 4) is 11.8 Å². The Hall–Kier alpha value is -0.290. The second-order valence-electron chi connectivity index (χ2n) is 1.40. The lowest BCUT2D eigenvalue weighted by Gasteiger charge is -1.92. The zero-order valence-corrected chi connectivity index (χ0v) is 5.51. The summed E-state index contributed by atoms with van der Waals surface area (Å²) in [6, 6.07) is 0. The molecule has 0 bridgehead atoms. The van der Waals surface area contributed by atoms with Gasteiger partial charge in [0, 0.05) is 6.42 Å². The first-order chi connectivity index (χ1) is 4.06. The minimum atomic E-state index is -3.37. The number of hydrogen-bond acceptors (Lipinski definition) is 0. The average Bonchev–Trinajstić information content (AvgIpc) is 1.63. The highest BCUT2D eigenvalue weighted by molar-refractivity contribution is 6.23. The lowest BCUT2D eigenvalue weighted by Crippen LogP contribution is -1.98. The normalized spacial score (nSPS) is 10.2. The molecule has 1 radical (unpaired) electrons. The molecule has 0 saturated heterocycles. The molecule has 0 heterocycles. The van der Waals surface area contributed by atoms with E-state index in [1.165, 1.54) is 0 Å². The average molecular weight is 152 g/mol. The van der Waals surface area contributed by atoms with Gasteiger partial charge in [-0.05, 0) is 23.9 Å². The molecule has 0 aromatic rings. The standard InChI is InChI=1S/C6H6ClF2/c1-2-3-4-5-6(7,8)9/h1-3H2. The molecule has 0 aliphatic heterocycles. The van der Waals surface area contributed by atoms with Crippen LogP contribution in [0.5, 0.6) is 0 Å². The smallest absolute Gasteiger partial charge is 0.175 e. The van der Waals surface area contributed by atoms with Crippen molar-refractivity contribution in [2.75, 3.05) is 0 Å². The van der Waals surface area contributed by atoms with E-state index in [4.69, 9.17) is 0 Å². The SMILES string of the molecule is [CH2]CCC#CC(F)(F)Cl. The molecular formula is C6H6ClF2. The van der Waals surface area contributed by atoms with Gasteiger partial charge in [-0.3, -0.25) is 0 Å². The van der Waals surface area contributed by atoms with E-state index >= 15 is 0 Å². The fraction of sp³-hybridized carbons (Fsp3) is 0.500. The Labute approximate surface area is 58.2 Å². The van der Waals surface area contributed by atoms with Gasteiger partial charge < -0.3 is 0 Å². The molecule has 0 aromatic carbocycles. The van der Waals surface area contributed by atoms with Crippen molar-refractivity contribution < 1.29 is 8.78 Å². The second kappa shape index (κ2) is 3.68. The highest BCUT2D eigenvalue weighted by Gasteiger charge is 2.19. The van der Waals surface area contributed by atoms with Crippen LogP contribution in [0.25, 0.3) is 0 Å². The van der Waals surface area contributed by atoms with Gasteiger partial charge in [-0.2, -0.15) is 8.78 Å². The van der Waals surface area contributed by atoms with Crippen LogP contribution in [-0.4, -0.2) is 5.38 Å². The van der Waals surface area contributed by atoms with Gasteiger partial charge in [0.1, 0.15) is 0 Å². The van der Waals surface area contributed by atoms with Gasteiger partial charge in [0.15, 0.2) is 0 Å². The molecule has 0 amide bonds. The number of alkyl halides is 3. The quantitative estimate of drug-likeness (QED) is 0.399. The number of halogens is 3. The Morgan fingerprint density at radius 3 is 2.44 bits per heavy atom. The maximum Gasteiger partial charge on any atom is 0.385 e. The van der Waals surface area contributed by atoms with Gasteiger partial charge in [0.25, 0.3) is 0 Å². The summed E-state index contributed by atoms with van der Waals surface area (Å²) in [6.45, 7) is 3.41. The minimum Gasteiger partial charge on any atom is -0.175 e. The number of hydrogen-bond donors (Lipinski definition) is 0. The Balaban J connectivity index is 3.59. The van der Waals surface area contributed by atoms with Crippen LogP contribution in [0.1, 0.15) is 12.8 Å². The fourth-order valence-corrected chi connectivity index (χ4v) is 0.318. The van der Waals surface area contributed by atoms with Gasteiger partial charge in [-0.15, -0.1) is 0 Å². The summed E-state index contributed by atoms with van der Waals surface area (Å²) in [5, 5.41) is -3.37. The Morgan fingerprint density at radius 2 is 2.11 bits per heavy atom. The molecule has 0 rings (SSSR count). The van der Waals surface area contributed by atoms with E-state index < -0.39 is 5.38 Å². The number of rotatable bonds is 1. The van der Waals surface area contributed by atoms with Crippen molar-refractivity contribution in [1.29, 1.82) is 0 Å². The van der Waals surface area contributed by atoms with Crippen LogP contribution >= 0.6 is 11.6 Å². The molecule has 0 unspecified atom stereocenters. The summed E-state index contributed by atoms with van der Waals surface area (Å²) < 4.78 is 23.2. The fourth-order valence-electron chi connectivity index (χ4n) is 0.251. The van der Waals surface area contributed by atoms with Crippen molar-refractivity contribution >= 4 is 11.6 Å². The molecule has 3 heteroatoms. The first-order valence-electron chi connectivity index (χ1n) is 2.42. The van der Waals surface area contributed by atoms with Crippen LogP contribution in [0.3, 0.4) is 0 Å². The van der Waals surface area contributed by atoms with Gasteiger partial charge in [0.05, 0.1) is 0 Å². The molecule has 0 aromatic heterocycles. The van der Waals surface area contributed by atoms with Crippen LogP contribution in [0, 0.1) is 18.8 Å². The lowest BCUT2D eigenvalue weighted by atomic mass is 10.3. The van der Waals surface area contributed by atoms with Gasteiger partial charge >= 0.3 is 5.38 Å². The highest BCUT2D eigenvalue weighted by atomic mass is 35.5. The molecule has 0 saturated carbocycles. The molecule has 0 aliphatic carbocycles. The van der Waals surface area contributed by atoms with E-state index in [0.717, 1.165) is 0 Å². The van der Waals surface area contributed by atoms with Crippen molar-refractivity contribution in [2.24, 2.45) is 0 Å². The second-order valence-corrected chi connectivity index (χ2v) is 1.88. The van der Waals surface area contributed by atoms with E-state index in [1.54, 1.807) is 5.92 Å². The topological polar surface area (TPSA) is 0 Å². The van der Waals surface area contributed by atoms with Crippen LogP contribution < -0.4 is 0 Å². The molecule has 0 aliphatic rings. The molecule has 0 spiro atoms. The number of unbranched alkanes of at least 4 members (excludes halogenated alkanes) is 1. The first kappa shape index (κ1) is 8.71. The Morgan fingerprint density at radius 1 is 1.56 bits per heavy atom. The molecule has 9 heavy (non-hydrogen) atoms. The lowest BCUT2D eigenvalue weighted by molar-refractivity contribution is 0.164. The summed E-state index contributed by atoms with van der Waals surface area (Å²) in [7, 11) is 0. The maximum absolute atomic E-state index is 11.6. The van der Waals surface area contributed by atoms with Crippen LogP contribution in [0.4, 0.5) is 8.78 Å². The summed E-state index contributed by atoms with van der Waals surface area (Å²) in [6.07, 6.45) is 0.891. The van der Waals surface area contributed by atoms with Gasteiger partial charge in [-0.25, -0.2) is 0 Å². The minimum absolute atomic E-state index is 0.363. The van der Waals surface area contributed by atoms with Crippen LogP contribution in [0.15, 0.2) is 0 Å². The molecule has 0 atom stereocenters. The van der Waals surface area contributed by atoms with E-state index in [-0.39, 0.29) is 0 Å². The molecule has 0 nitrogen and oxygen atoms in total. The third-order valence-electron chi connectivity index (χ3n) is 0.532. The predicted octanol–water partition coefficient (Wildman–Crippen LogP) is 2.44. The maximum atomic E-state index is 11.6. The molecule has 0 N–H and O–H groups in total. The molecular weight excluding hydrogens is 146 g/mol. The van der Waals surface area contributed by atoms with Gasteiger partial charge in [-0.1, -0.05) is 12.8 Å². The van der Waals surface area contributed by atoms with Crippen LogP contribution in [0.2, 0.25) is 0 Å². The third kappa shape index (κ3) is 7.71. The first-order valence-corrected chi connectivity index (χ1v) is 2.80. The van der Waals surface area contributed by atoms with Crippen LogP contribution in [-0.2, 0) is 0 Å². The highest BCUT2D eigenvalue weighted by Crippen LogP contribution is 2.16. The van der Waals surface area contributed by atoms with Crippen molar-refractivity contribution in [3.05, 3.63) is 6.92 Å². The summed E-state index contributed by atoms with van der Waals surface area (Å²) in [4.78, 5) is 0. The predicted molar refractivity (Wildman–Crippen MR) is 33.2 cm³/mol. The van der Waals surface area contributed by atoms with Crippen molar-refractivity contribution in [3.63, 3.8) is 0 Å². The van der Waals surface area contributed by atoms with E-state index in [2.05, 4.69) is 24.4 Å². The van der Waals surface area contributed by atoms with Gasteiger partial charge in [0.2, 0.25) is 0 Å². The zero-order chi connectivity index (χ0) is 7.33. The Bertz CT molecular complexity index is 126. The zero-order valence-electron chi connectivity index (χ0n) is 4.76. The van der Waals surface area contributed by atoms with E-state index in [9.17, 15) is 8.78 Å². The summed E-state index contributed by atoms with van der Waals surface area (Å²) in [5.74, 6) is 3.75.